The number of amides is 1. The topological polar surface area (TPSA) is 88.7 Å². The number of piperidine rings is 1. The van der Waals surface area contributed by atoms with Crippen LogP contribution in [0.5, 0.6) is 0 Å². The number of likely N-dealkylation sites (tertiary alicyclic amines) is 1. The summed E-state index contributed by atoms with van der Waals surface area (Å²) in [6.07, 6.45) is 2.41. The van der Waals surface area contributed by atoms with E-state index in [1.807, 2.05) is 46.8 Å². The first kappa shape index (κ1) is 21.2. The second-order valence-electron chi connectivity index (χ2n) is 9.18. The molecule has 9 heteroatoms. The minimum absolute atomic E-state index is 0.0387. The average molecular weight is 457 g/mol. The van der Waals surface area contributed by atoms with Crippen molar-refractivity contribution in [3.8, 4) is 0 Å². The zero-order chi connectivity index (χ0) is 22.7. The third kappa shape index (κ3) is 3.26. The zero-order valence-corrected chi connectivity index (χ0v) is 19.5. The minimum Gasteiger partial charge on any atom is -0.360 e. The van der Waals surface area contributed by atoms with Gasteiger partial charge in [-0.2, -0.15) is 4.31 Å². The van der Waals surface area contributed by atoms with Crippen molar-refractivity contribution in [2.75, 3.05) is 26.2 Å². The SMILES string of the molecule is Cc1noc(C)c1S(=O)(=O)N1CCC2(CCN(C(=O)c3cc4ccccc4n3C)CC2)C1. The van der Waals surface area contributed by atoms with Crippen LogP contribution < -0.4 is 0 Å². The summed E-state index contributed by atoms with van der Waals surface area (Å²) in [4.78, 5) is 15.3. The molecule has 3 aromatic rings. The van der Waals surface area contributed by atoms with Gasteiger partial charge < -0.3 is 14.0 Å². The molecule has 2 aliphatic heterocycles. The van der Waals surface area contributed by atoms with Crippen LogP contribution in [-0.2, 0) is 17.1 Å². The van der Waals surface area contributed by atoms with Crippen molar-refractivity contribution >= 4 is 26.8 Å². The first-order valence-electron chi connectivity index (χ1n) is 11.0. The smallest absolute Gasteiger partial charge is 0.270 e. The van der Waals surface area contributed by atoms with E-state index in [1.165, 1.54) is 0 Å². The lowest BCUT2D eigenvalue weighted by atomic mass is 9.78. The number of hydrogen-bond donors (Lipinski definition) is 0. The fraction of sp³-hybridized carbons (Fsp3) is 0.478. The molecular formula is C23H28N4O4S. The van der Waals surface area contributed by atoms with Crippen molar-refractivity contribution < 1.29 is 17.7 Å². The van der Waals surface area contributed by atoms with Gasteiger partial charge in [-0.1, -0.05) is 23.4 Å². The number of aromatic nitrogens is 2. The summed E-state index contributed by atoms with van der Waals surface area (Å²) in [5.41, 5.74) is 2.05. The fourth-order valence-electron chi connectivity index (χ4n) is 5.32. The Balaban J connectivity index is 1.29. The highest BCUT2D eigenvalue weighted by atomic mass is 32.2. The third-order valence-electron chi connectivity index (χ3n) is 7.25. The van der Waals surface area contributed by atoms with Crippen LogP contribution in [0.4, 0.5) is 0 Å². The van der Waals surface area contributed by atoms with Crippen molar-refractivity contribution in [2.24, 2.45) is 12.5 Å². The Morgan fingerprint density at radius 2 is 1.78 bits per heavy atom. The van der Waals surface area contributed by atoms with Crippen LogP contribution in [0.3, 0.4) is 0 Å². The lowest BCUT2D eigenvalue weighted by molar-refractivity contribution is 0.0591. The highest BCUT2D eigenvalue weighted by molar-refractivity contribution is 7.89. The molecule has 32 heavy (non-hydrogen) atoms. The van der Waals surface area contributed by atoms with Gasteiger partial charge in [0, 0.05) is 44.1 Å². The Morgan fingerprint density at radius 1 is 1.09 bits per heavy atom. The maximum absolute atomic E-state index is 13.2. The lowest BCUT2D eigenvalue weighted by Gasteiger charge is -2.39. The number of fused-ring (bicyclic) bond motifs is 1. The molecule has 2 aliphatic rings. The summed E-state index contributed by atoms with van der Waals surface area (Å²) in [6.45, 7) is 5.54. The highest BCUT2D eigenvalue weighted by Crippen LogP contribution is 2.43. The number of carbonyl (C=O) groups excluding carboxylic acids is 1. The minimum atomic E-state index is -3.63. The van der Waals surface area contributed by atoms with Crippen molar-refractivity contribution in [2.45, 2.75) is 38.0 Å². The molecule has 5 rings (SSSR count). The summed E-state index contributed by atoms with van der Waals surface area (Å²) < 4.78 is 35.0. The predicted octanol–water partition coefficient (Wildman–Crippen LogP) is 3.10. The van der Waals surface area contributed by atoms with Gasteiger partial charge in [0.2, 0.25) is 10.0 Å². The van der Waals surface area contributed by atoms with Gasteiger partial charge in [-0.3, -0.25) is 4.79 Å². The van der Waals surface area contributed by atoms with Crippen LogP contribution >= 0.6 is 0 Å². The summed E-state index contributed by atoms with van der Waals surface area (Å²) in [7, 11) is -1.71. The van der Waals surface area contributed by atoms with Crippen molar-refractivity contribution in [3.63, 3.8) is 0 Å². The van der Waals surface area contributed by atoms with Gasteiger partial charge in [-0.25, -0.2) is 8.42 Å². The van der Waals surface area contributed by atoms with E-state index in [1.54, 1.807) is 18.2 Å². The standard InChI is InChI=1S/C23H28N4O4S/c1-16-21(17(2)31-24-16)32(29,30)27-13-10-23(15-27)8-11-26(12-9-23)22(28)20-14-18-6-4-5-7-19(18)25(20)3/h4-7,14H,8-13,15H2,1-3H3. The molecule has 0 saturated carbocycles. The molecule has 1 aromatic carbocycles. The fourth-order valence-corrected chi connectivity index (χ4v) is 7.16. The molecular weight excluding hydrogens is 428 g/mol. The van der Waals surface area contributed by atoms with Crippen molar-refractivity contribution in [3.05, 3.63) is 47.5 Å². The van der Waals surface area contributed by atoms with Gasteiger partial charge >= 0.3 is 0 Å². The molecule has 2 aromatic heterocycles. The van der Waals surface area contributed by atoms with E-state index in [0.717, 1.165) is 30.2 Å². The Bertz CT molecular complexity index is 1280. The van der Waals surface area contributed by atoms with Gasteiger partial charge in [-0.05, 0) is 50.7 Å². The van der Waals surface area contributed by atoms with Gasteiger partial charge in [0.05, 0.1) is 0 Å². The molecule has 0 bridgehead atoms. The largest absolute Gasteiger partial charge is 0.360 e. The zero-order valence-electron chi connectivity index (χ0n) is 18.7. The summed E-state index contributed by atoms with van der Waals surface area (Å²) in [5, 5.41) is 4.87. The molecule has 0 radical (unpaired) electrons. The number of aryl methyl sites for hydroxylation is 3. The Morgan fingerprint density at radius 3 is 2.44 bits per heavy atom. The van der Waals surface area contributed by atoms with Gasteiger partial charge in [0.25, 0.3) is 5.91 Å². The van der Waals surface area contributed by atoms with Crippen molar-refractivity contribution in [1.82, 2.24) is 18.9 Å². The first-order chi connectivity index (χ1) is 15.2. The van der Waals surface area contributed by atoms with Gasteiger partial charge in [-0.15, -0.1) is 0 Å². The van der Waals surface area contributed by atoms with E-state index >= 15 is 0 Å². The monoisotopic (exact) mass is 456 g/mol. The number of hydrogen-bond acceptors (Lipinski definition) is 5. The molecule has 2 saturated heterocycles. The van der Waals surface area contributed by atoms with E-state index in [9.17, 15) is 13.2 Å². The number of benzene rings is 1. The molecule has 170 valence electrons. The van der Waals surface area contributed by atoms with Gasteiger partial charge in [0.15, 0.2) is 5.76 Å². The van der Waals surface area contributed by atoms with E-state index in [2.05, 4.69) is 5.16 Å². The number of sulfonamides is 1. The van der Waals surface area contributed by atoms with E-state index in [4.69, 9.17) is 4.52 Å². The highest BCUT2D eigenvalue weighted by Gasteiger charge is 2.46. The van der Waals surface area contributed by atoms with Gasteiger partial charge in [0.1, 0.15) is 16.3 Å². The number of nitrogens with zero attached hydrogens (tertiary/aromatic N) is 4. The second kappa shape index (κ2) is 7.45. The predicted molar refractivity (Wildman–Crippen MR) is 120 cm³/mol. The Hall–Kier alpha value is -2.65. The van der Waals surface area contributed by atoms with Crippen molar-refractivity contribution in [1.29, 1.82) is 0 Å². The van der Waals surface area contributed by atoms with Crippen LogP contribution in [-0.4, -0.2) is 59.4 Å². The molecule has 0 N–H and O–H groups in total. The normalized spacial score (nSPS) is 19.3. The third-order valence-corrected chi connectivity index (χ3v) is 9.34. The van der Waals surface area contributed by atoms with Crippen LogP contribution in [0.1, 0.15) is 41.2 Å². The van der Waals surface area contributed by atoms with Crippen LogP contribution in [0.25, 0.3) is 10.9 Å². The molecule has 0 atom stereocenters. The summed E-state index contributed by atoms with van der Waals surface area (Å²) in [6, 6.07) is 9.94. The molecule has 1 spiro atoms. The number of carbonyl (C=O) groups is 1. The molecule has 1 amide bonds. The van der Waals surface area contributed by atoms with Crippen LogP contribution in [0.2, 0.25) is 0 Å². The van der Waals surface area contributed by atoms with Crippen LogP contribution in [0, 0.1) is 19.3 Å². The maximum atomic E-state index is 13.2. The maximum Gasteiger partial charge on any atom is 0.270 e. The second-order valence-corrected chi connectivity index (χ2v) is 11.1. The quantitative estimate of drug-likeness (QED) is 0.604. The lowest BCUT2D eigenvalue weighted by Crippen LogP contribution is -2.45. The molecule has 2 fully saturated rings. The van der Waals surface area contributed by atoms with E-state index in [0.29, 0.717) is 43.3 Å². The molecule has 8 nitrogen and oxygen atoms in total. The van der Waals surface area contributed by atoms with E-state index < -0.39 is 10.0 Å². The summed E-state index contributed by atoms with van der Waals surface area (Å²) in [5.74, 6) is 0.371. The molecule has 0 aliphatic carbocycles. The molecule has 4 heterocycles. The average Bonchev–Trinajstić information content (AvgIpc) is 3.45. The number of rotatable bonds is 3. The molecule has 0 unspecified atom stereocenters. The van der Waals surface area contributed by atoms with Crippen LogP contribution in [0.15, 0.2) is 39.8 Å². The Kier molecular flexibility index (Phi) is 4.94. The van der Waals surface area contributed by atoms with E-state index in [-0.39, 0.29) is 16.2 Å². The Labute approximate surface area is 187 Å². The number of para-hydroxylation sites is 1. The first-order valence-corrected chi connectivity index (χ1v) is 12.4. The summed E-state index contributed by atoms with van der Waals surface area (Å²) >= 11 is 0.